The van der Waals surface area contributed by atoms with Crippen LogP contribution in [0, 0.1) is 5.92 Å². The summed E-state index contributed by atoms with van der Waals surface area (Å²) in [6.07, 6.45) is 6.17. The molecule has 0 spiro atoms. The predicted molar refractivity (Wildman–Crippen MR) is 69.2 cm³/mol. The summed E-state index contributed by atoms with van der Waals surface area (Å²) in [6, 6.07) is 0.250. The zero-order chi connectivity index (χ0) is 13.0. The van der Waals surface area contributed by atoms with Crippen LogP contribution in [0.25, 0.3) is 0 Å². The van der Waals surface area contributed by atoms with E-state index in [2.05, 4.69) is 12.2 Å². The van der Waals surface area contributed by atoms with E-state index in [0.717, 1.165) is 51.6 Å². The average molecular weight is 255 g/mol. The van der Waals surface area contributed by atoms with E-state index in [-0.39, 0.29) is 30.1 Å². The van der Waals surface area contributed by atoms with Crippen LogP contribution < -0.4 is 5.32 Å². The van der Waals surface area contributed by atoms with Gasteiger partial charge in [0.05, 0.1) is 18.1 Å². The first kappa shape index (κ1) is 13.8. The van der Waals surface area contributed by atoms with Gasteiger partial charge in [-0.25, -0.2) is 0 Å². The van der Waals surface area contributed by atoms with E-state index < -0.39 is 0 Å². The van der Waals surface area contributed by atoms with Gasteiger partial charge < -0.3 is 15.2 Å². The van der Waals surface area contributed by atoms with Crippen LogP contribution in [-0.4, -0.2) is 35.9 Å². The largest absolute Gasteiger partial charge is 0.393 e. The molecule has 104 valence electrons. The van der Waals surface area contributed by atoms with Crippen LogP contribution in [0.2, 0.25) is 0 Å². The highest BCUT2D eigenvalue weighted by molar-refractivity contribution is 5.79. The second kappa shape index (κ2) is 6.53. The third-order valence-electron chi connectivity index (χ3n) is 4.22. The summed E-state index contributed by atoms with van der Waals surface area (Å²) in [5, 5.41) is 12.6. The Morgan fingerprint density at radius 2 is 2.00 bits per heavy atom. The quantitative estimate of drug-likeness (QED) is 0.805. The predicted octanol–water partition coefficient (Wildman–Crippen LogP) is 1.61. The van der Waals surface area contributed by atoms with E-state index in [1.54, 1.807) is 0 Å². The molecule has 4 nitrogen and oxygen atoms in total. The van der Waals surface area contributed by atoms with E-state index in [1.807, 2.05) is 0 Å². The van der Waals surface area contributed by atoms with E-state index in [1.165, 1.54) is 0 Å². The molecular weight excluding hydrogens is 230 g/mol. The van der Waals surface area contributed by atoms with Crippen LogP contribution in [0.3, 0.4) is 0 Å². The molecule has 1 amide bonds. The molecule has 1 heterocycles. The number of carbonyl (C=O) groups is 1. The topological polar surface area (TPSA) is 58.6 Å². The number of aliphatic hydroxyl groups excluding tert-OH is 1. The number of aliphatic hydroxyl groups is 1. The summed E-state index contributed by atoms with van der Waals surface area (Å²) >= 11 is 0. The van der Waals surface area contributed by atoms with E-state index in [0.29, 0.717) is 0 Å². The highest BCUT2D eigenvalue weighted by Gasteiger charge is 2.32. The van der Waals surface area contributed by atoms with Gasteiger partial charge in [0.1, 0.15) is 0 Å². The van der Waals surface area contributed by atoms with Crippen molar-refractivity contribution < 1.29 is 14.6 Å². The minimum Gasteiger partial charge on any atom is -0.393 e. The molecule has 1 saturated heterocycles. The molecule has 2 rings (SSSR count). The maximum atomic E-state index is 12.3. The highest BCUT2D eigenvalue weighted by Crippen LogP contribution is 2.25. The van der Waals surface area contributed by atoms with Crippen LogP contribution in [0.1, 0.15) is 51.9 Å². The summed E-state index contributed by atoms with van der Waals surface area (Å²) in [4.78, 5) is 12.3. The fourth-order valence-electron chi connectivity index (χ4n) is 3.07. The van der Waals surface area contributed by atoms with Crippen molar-refractivity contribution in [3.8, 4) is 0 Å². The first-order valence-electron chi connectivity index (χ1n) is 7.30. The van der Waals surface area contributed by atoms with Crippen LogP contribution in [0.4, 0.5) is 0 Å². The lowest BCUT2D eigenvalue weighted by atomic mass is 9.89. The smallest absolute Gasteiger partial charge is 0.225 e. The first-order valence-corrected chi connectivity index (χ1v) is 7.30. The Labute approximate surface area is 109 Å². The van der Waals surface area contributed by atoms with Crippen molar-refractivity contribution in [1.29, 1.82) is 0 Å². The van der Waals surface area contributed by atoms with Gasteiger partial charge in [-0.05, 0) is 44.9 Å². The molecule has 0 aromatic rings. The Hall–Kier alpha value is -0.610. The molecule has 0 aromatic heterocycles. The van der Waals surface area contributed by atoms with Crippen molar-refractivity contribution in [3.63, 3.8) is 0 Å². The van der Waals surface area contributed by atoms with Gasteiger partial charge in [0.25, 0.3) is 0 Å². The molecule has 1 saturated carbocycles. The zero-order valence-corrected chi connectivity index (χ0v) is 11.2. The Bertz CT molecular complexity index is 274. The molecule has 4 heteroatoms. The third-order valence-corrected chi connectivity index (χ3v) is 4.22. The van der Waals surface area contributed by atoms with E-state index >= 15 is 0 Å². The summed E-state index contributed by atoms with van der Waals surface area (Å²) in [6.45, 7) is 2.87. The van der Waals surface area contributed by atoms with Gasteiger partial charge >= 0.3 is 0 Å². The molecule has 2 fully saturated rings. The van der Waals surface area contributed by atoms with Gasteiger partial charge in [-0.1, -0.05) is 6.92 Å². The number of hydrogen-bond donors (Lipinski definition) is 2. The molecule has 0 aromatic carbocycles. The molecule has 2 N–H and O–H groups in total. The number of ether oxygens (including phenoxy) is 1. The van der Waals surface area contributed by atoms with E-state index in [4.69, 9.17) is 4.74 Å². The maximum Gasteiger partial charge on any atom is 0.225 e. The normalized spacial score (nSPS) is 37.2. The van der Waals surface area contributed by atoms with Crippen LogP contribution >= 0.6 is 0 Å². The monoisotopic (exact) mass is 255 g/mol. The highest BCUT2D eigenvalue weighted by atomic mass is 16.5. The second-order valence-corrected chi connectivity index (χ2v) is 5.58. The van der Waals surface area contributed by atoms with Gasteiger partial charge in [0.2, 0.25) is 5.91 Å². The number of nitrogens with one attached hydrogen (secondary N) is 1. The van der Waals surface area contributed by atoms with Crippen LogP contribution in [0.15, 0.2) is 0 Å². The average Bonchev–Trinajstić information content (AvgIpc) is 2.41. The SMILES string of the molecule is CC[C@H]1OCCC[C@@H]1C(=O)NC1CCC(O)CC1. The molecule has 0 radical (unpaired) electrons. The number of carbonyl (C=O) groups excluding carboxylic acids is 1. The Morgan fingerprint density at radius 1 is 1.28 bits per heavy atom. The van der Waals surface area contributed by atoms with Crippen molar-refractivity contribution in [3.05, 3.63) is 0 Å². The minimum atomic E-state index is -0.167. The van der Waals surface area contributed by atoms with Crippen molar-refractivity contribution >= 4 is 5.91 Å². The standard InChI is InChI=1S/C14H25NO3/c1-2-13-12(4-3-9-18-13)14(17)15-10-5-7-11(16)8-6-10/h10-13,16H,2-9H2,1H3,(H,15,17)/t10?,11?,12-,13+/m0/s1. The third kappa shape index (κ3) is 3.45. The Morgan fingerprint density at radius 3 is 2.67 bits per heavy atom. The molecule has 18 heavy (non-hydrogen) atoms. The Balaban J connectivity index is 1.82. The minimum absolute atomic E-state index is 0.0237. The van der Waals surface area contributed by atoms with E-state index in [9.17, 15) is 9.90 Å². The number of amides is 1. The van der Waals surface area contributed by atoms with Gasteiger partial charge in [-0.3, -0.25) is 4.79 Å². The fraction of sp³-hybridized carbons (Fsp3) is 0.929. The molecular formula is C14H25NO3. The molecule has 1 aliphatic carbocycles. The van der Waals surface area contributed by atoms with Crippen molar-refractivity contribution in [2.45, 2.75) is 70.1 Å². The molecule has 2 aliphatic rings. The second-order valence-electron chi connectivity index (χ2n) is 5.58. The Kier molecular flexibility index (Phi) is 5.01. The summed E-state index contributed by atoms with van der Waals surface area (Å²) in [7, 11) is 0. The molecule has 2 atom stereocenters. The lowest BCUT2D eigenvalue weighted by Crippen LogP contribution is -2.46. The molecule has 0 unspecified atom stereocenters. The van der Waals surface area contributed by atoms with Crippen molar-refractivity contribution in [2.24, 2.45) is 5.92 Å². The van der Waals surface area contributed by atoms with Gasteiger partial charge in [-0.2, -0.15) is 0 Å². The molecule has 1 aliphatic heterocycles. The van der Waals surface area contributed by atoms with Crippen LogP contribution in [-0.2, 0) is 9.53 Å². The molecule has 0 bridgehead atoms. The summed E-state index contributed by atoms with van der Waals surface area (Å²) < 4.78 is 5.67. The van der Waals surface area contributed by atoms with Crippen LogP contribution in [0.5, 0.6) is 0 Å². The first-order chi connectivity index (χ1) is 8.70. The number of rotatable bonds is 3. The fourth-order valence-corrected chi connectivity index (χ4v) is 3.07. The lowest BCUT2D eigenvalue weighted by Gasteiger charge is -2.33. The summed E-state index contributed by atoms with van der Waals surface area (Å²) in [5.41, 5.74) is 0. The maximum absolute atomic E-state index is 12.3. The van der Waals surface area contributed by atoms with Gasteiger partial charge in [-0.15, -0.1) is 0 Å². The number of hydrogen-bond acceptors (Lipinski definition) is 3. The van der Waals surface area contributed by atoms with Gasteiger partial charge in [0.15, 0.2) is 0 Å². The lowest BCUT2D eigenvalue weighted by molar-refractivity contribution is -0.135. The zero-order valence-electron chi connectivity index (χ0n) is 11.2. The van der Waals surface area contributed by atoms with Crippen molar-refractivity contribution in [2.75, 3.05) is 6.61 Å². The van der Waals surface area contributed by atoms with Gasteiger partial charge in [0, 0.05) is 12.6 Å². The van der Waals surface area contributed by atoms with Crippen molar-refractivity contribution in [1.82, 2.24) is 5.32 Å². The summed E-state index contributed by atoms with van der Waals surface area (Å²) in [5.74, 6) is 0.179.